The van der Waals surface area contributed by atoms with Crippen molar-refractivity contribution in [2.75, 3.05) is 0 Å². The quantitative estimate of drug-likeness (QED) is 0.700. The van der Waals surface area contributed by atoms with Gasteiger partial charge in [-0.3, -0.25) is 10.1 Å². The Kier molecular flexibility index (Phi) is 3.86. The Morgan fingerprint density at radius 3 is 2.68 bits per heavy atom. The van der Waals surface area contributed by atoms with Gasteiger partial charge >= 0.3 is 0 Å². The molecule has 0 fully saturated rings. The molecule has 1 aromatic carbocycles. The zero-order valence-corrected chi connectivity index (χ0v) is 13.0. The van der Waals surface area contributed by atoms with E-state index in [1.165, 1.54) is 0 Å². The standard InChI is InChI=1S/C18H20N2O2/c1-11(16-9-6-10-22-16)19-13(3)18(21)17-12(2)20-15-8-5-4-7-14(15)17/h4-11,13,19-20H,1-3H3/t11-,13-/m1/s1. The fourth-order valence-corrected chi connectivity index (χ4v) is 2.88. The van der Waals surface area contributed by atoms with Crippen LogP contribution in [0, 0.1) is 6.92 Å². The lowest BCUT2D eigenvalue weighted by Gasteiger charge is -2.17. The Hall–Kier alpha value is -2.33. The normalized spacial score (nSPS) is 14.1. The summed E-state index contributed by atoms with van der Waals surface area (Å²) in [7, 11) is 0. The highest BCUT2D eigenvalue weighted by Gasteiger charge is 2.23. The number of H-pyrrole nitrogens is 1. The summed E-state index contributed by atoms with van der Waals surface area (Å²) in [5.74, 6) is 0.920. The second-order valence-corrected chi connectivity index (χ2v) is 5.66. The number of hydrogen-bond donors (Lipinski definition) is 2. The number of Topliss-reactive ketones (excluding diaryl/α,β-unsaturated/α-hetero) is 1. The summed E-state index contributed by atoms with van der Waals surface area (Å²) in [6.07, 6.45) is 1.64. The number of aromatic nitrogens is 1. The van der Waals surface area contributed by atoms with Crippen LogP contribution in [0.3, 0.4) is 0 Å². The van der Waals surface area contributed by atoms with E-state index in [0.29, 0.717) is 0 Å². The van der Waals surface area contributed by atoms with Gasteiger partial charge in [-0.1, -0.05) is 18.2 Å². The lowest BCUT2D eigenvalue weighted by atomic mass is 10.0. The molecule has 3 aromatic rings. The average molecular weight is 296 g/mol. The van der Waals surface area contributed by atoms with E-state index in [9.17, 15) is 4.79 Å². The maximum Gasteiger partial charge on any atom is 0.181 e. The van der Waals surface area contributed by atoms with E-state index >= 15 is 0 Å². The zero-order chi connectivity index (χ0) is 15.7. The highest BCUT2D eigenvalue weighted by molar-refractivity contribution is 6.11. The molecule has 0 aliphatic carbocycles. The van der Waals surface area contributed by atoms with Gasteiger partial charge in [-0.15, -0.1) is 0 Å². The molecular formula is C18H20N2O2. The molecule has 2 aromatic heterocycles. The minimum atomic E-state index is -0.294. The number of carbonyl (C=O) groups excluding carboxylic acids is 1. The van der Waals surface area contributed by atoms with E-state index in [-0.39, 0.29) is 17.9 Å². The highest BCUT2D eigenvalue weighted by atomic mass is 16.3. The maximum absolute atomic E-state index is 12.8. The number of carbonyl (C=O) groups is 1. The number of ketones is 1. The number of fused-ring (bicyclic) bond motifs is 1. The third-order valence-corrected chi connectivity index (χ3v) is 4.00. The van der Waals surface area contributed by atoms with Gasteiger partial charge < -0.3 is 9.40 Å². The summed E-state index contributed by atoms with van der Waals surface area (Å²) in [5, 5.41) is 4.28. The molecule has 4 heteroatoms. The van der Waals surface area contributed by atoms with Crippen molar-refractivity contribution in [1.29, 1.82) is 0 Å². The predicted octanol–water partition coefficient (Wildman–Crippen LogP) is 3.99. The van der Waals surface area contributed by atoms with Crippen molar-refractivity contribution in [1.82, 2.24) is 10.3 Å². The molecule has 0 radical (unpaired) electrons. The Bertz CT molecular complexity index is 787. The minimum absolute atomic E-state index is 0.0144. The fourth-order valence-electron chi connectivity index (χ4n) is 2.88. The van der Waals surface area contributed by atoms with Crippen molar-refractivity contribution >= 4 is 16.7 Å². The van der Waals surface area contributed by atoms with Crippen molar-refractivity contribution < 1.29 is 9.21 Å². The molecule has 0 saturated carbocycles. The molecule has 4 nitrogen and oxygen atoms in total. The summed E-state index contributed by atoms with van der Waals surface area (Å²) in [6, 6.07) is 11.3. The number of benzene rings is 1. The number of aromatic amines is 1. The highest BCUT2D eigenvalue weighted by Crippen LogP contribution is 2.24. The lowest BCUT2D eigenvalue weighted by molar-refractivity contribution is 0.0945. The second kappa shape index (κ2) is 5.81. The molecule has 0 unspecified atom stereocenters. The van der Waals surface area contributed by atoms with Gasteiger partial charge in [0.15, 0.2) is 5.78 Å². The van der Waals surface area contributed by atoms with Crippen LogP contribution >= 0.6 is 0 Å². The van der Waals surface area contributed by atoms with Crippen LogP contribution in [0.5, 0.6) is 0 Å². The van der Waals surface area contributed by atoms with Crippen molar-refractivity contribution in [3.05, 3.63) is 59.7 Å². The summed E-state index contributed by atoms with van der Waals surface area (Å²) in [6.45, 7) is 5.82. The van der Waals surface area contributed by atoms with Crippen LogP contribution in [0.1, 0.15) is 41.7 Å². The molecule has 0 aliphatic heterocycles. The van der Waals surface area contributed by atoms with Crippen LogP contribution in [0.15, 0.2) is 47.1 Å². The lowest BCUT2D eigenvalue weighted by Crippen LogP contribution is -2.36. The van der Waals surface area contributed by atoms with Gasteiger partial charge in [0.25, 0.3) is 0 Å². The number of aryl methyl sites for hydroxylation is 1. The first kappa shape index (κ1) is 14.6. The number of hydrogen-bond acceptors (Lipinski definition) is 3. The Morgan fingerprint density at radius 2 is 1.95 bits per heavy atom. The monoisotopic (exact) mass is 296 g/mol. The Morgan fingerprint density at radius 1 is 1.18 bits per heavy atom. The third-order valence-electron chi connectivity index (χ3n) is 4.00. The molecule has 0 aliphatic rings. The number of nitrogens with one attached hydrogen (secondary N) is 2. The third kappa shape index (κ3) is 2.57. The molecule has 2 heterocycles. The van der Waals surface area contributed by atoms with Gasteiger partial charge in [-0.05, 0) is 39.0 Å². The SMILES string of the molecule is Cc1[nH]c2ccccc2c1C(=O)[C@@H](C)N[C@H](C)c1ccco1. The van der Waals surface area contributed by atoms with Crippen molar-refractivity contribution in [2.45, 2.75) is 32.9 Å². The summed E-state index contributed by atoms with van der Waals surface area (Å²) in [5.41, 5.74) is 2.67. The average Bonchev–Trinajstić information content (AvgIpc) is 3.13. The molecular weight excluding hydrogens is 276 g/mol. The van der Waals surface area contributed by atoms with Gasteiger partial charge in [0, 0.05) is 22.2 Å². The van der Waals surface area contributed by atoms with Crippen molar-refractivity contribution in [3.63, 3.8) is 0 Å². The van der Waals surface area contributed by atoms with Gasteiger partial charge in [0.2, 0.25) is 0 Å². The molecule has 114 valence electrons. The van der Waals surface area contributed by atoms with Crippen molar-refractivity contribution in [2.24, 2.45) is 0 Å². The zero-order valence-electron chi connectivity index (χ0n) is 13.0. The summed E-state index contributed by atoms with van der Waals surface area (Å²) in [4.78, 5) is 16.1. The molecule has 22 heavy (non-hydrogen) atoms. The summed E-state index contributed by atoms with van der Waals surface area (Å²) >= 11 is 0. The largest absolute Gasteiger partial charge is 0.468 e. The Balaban J connectivity index is 1.84. The van der Waals surface area contributed by atoms with E-state index in [1.54, 1.807) is 6.26 Å². The van der Waals surface area contributed by atoms with Gasteiger partial charge in [-0.2, -0.15) is 0 Å². The number of furan rings is 1. The Labute approximate surface area is 129 Å². The van der Waals surface area contributed by atoms with Crippen LogP contribution in [-0.4, -0.2) is 16.8 Å². The van der Waals surface area contributed by atoms with Crippen LogP contribution in [0.4, 0.5) is 0 Å². The first-order valence-corrected chi connectivity index (χ1v) is 7.49. The van der Waals surface area contributed by atoms with E-state index in [4.69, 9.17) is 4.42 Å². The maximum atomic E-state index is 12.8. The number of para-hydroxylation sites is 1. The molecule has 3 rings (SSSR count). The van der Waals surface area contributed by atoms with Crippen LogP contribution in [-0.2, 0) is 0 Å². The molecule has 0 bridgehead atoms. The minimum Gasteiger partial charge on any atom is -0.468 e. The molecule has 0 saturated heterocycles. The van der Waals surface area contributed by atoms with Crippen LogP contribution in [0.2, 0.25) is 0 Å². The van der Waals surface area contributed by atoms with Crippen molar-refractivity contribution in [3.8, 4) is 0 Å². The van der Waals surface area contributed by atoms with Gasteiger partial charge in [-0.25, -0.2) is 0 Å². The topological polar surface area (TPSA) is 58.0 Å². The summed E-state index contributed by atoms with van der Waals surface area (Å²) < 4.78 is 5.38. The number of rotatable bonds is 5. The first-order chi connectivity index (χ1) is 10.6. The van der Waals surface area contributed by atoms with E-state index in [1.807, 2.05) is 57.2 Å². The predicted molar refractivity (Wildman–Crippen MR) is 87.1 cm³/mol. The molecule has 2 N–H and O–H groups in total. The molecule has 0 spiro atoms. The fraction of sp³-hybridized carbons (Fsp3) is 0.278. The first-order valence-electron chi connectivity index (χ1n) is 7.49. The van der Waals surface area contributed by atoms with E-state index in [0.717, 1.165) is 27.9 Å². The van der Waals surface area contributed by atoms with E-state index in [2.05, 4.69) is 10.3 Å². The van der Waals surface area contributed by atoms with Gasteiger partial charge in [0.1, 0.15) is 5.76 Å². The van der Waals surface area contributed by atoms with Crippen LogP contribution < -0.4 is 5.32 Å². The molecule has 2 atom stereocenters. The van der Waals surface area contributed by atoms with Gasteiger partial charge in [0.05, 0.1) is 18.3 Å². The molecule has 0 amide bonds. The smallest absolute Gasteiger partial charge is 0.181 e. The van der Waals surface area contributed by atoms with Crippen LogP contribution in [0.25, 0.3) is 10.9 Å². The van der Waals surface area contributed by atoms with E-state index < -0.39 is 0 Å². The second-order valence-electron chi connectivity index (χ2n) is 5.66.